The topological polar surface area (TPSA) is 29.9 Å². The fourth-order valence-electron chi connectivity index (χ4n) is 2.15. The molecule has 0 spiro atoms. The summed E-state index contributed by atoms with van der Waals surface area (Å²) in [6, 6.07) is 1.13. The van der Waals surface area contributed by atoms with E-state index in [1.54, 1.807) is 0 Å². The fourth-order valence-corrected chi connectivity index (χ4v) is 2.15. The molecule has 0 aliphatic heterocycles. The highest BCUT2D eigenvalue weighted by molar-refractivity contribution is 4.99. The van der Waals surface area contributed by atoms with Crippen LogP contribution in [0.4, 0.5) is 0 Å². The summed E-state index contributed by atoms with van der Waals surface area (Å²) in [5.74, 6) is 0.998. The molecule has 1 aliphatic rings. The van der Waals surface area contributed by atoms with Gasteiger partial charge in [0.15, 0.2) is 0 Å². The molecule has 0 saturated heterocycles. The van der Waals surface area contributed by atoms with Crippen molar-refractivity contribution >= 4 is 0 Å². The van der Waals surface area contributed by atoms with Gasteiger partial charge in [-0.3, -0.25) is 0 Å². The molecule has 1 N–H and O–H groups in total. The molecule has 3 heteroatoms. The second kappa shape index (κ2) is 5.00. The number of rotatable bonds is 6. The maximum atomic E-state index is 4.22. The van der Waals surface area contributed by atoms with Crippen molar-refractivity contribution in [3.8, 4) is 0 Å². The molecule has 1 unspecified atom stereocenters. The number of imidazole rings is 1. The van der Waals surface area contributed by atoms with Crippen LogP contribution in [0.2, 0.25) is 0 Å². The van der Waals surface area contributed by atoms with Gasteiger partial charge in [0.1, 0.15) is 0 Å². The van der Waals surface area contributed by atoms with Crippen LogP contribution in [0, 0.1) is 5.92 Å². The second-order valence-electron chi connectivity index (χ2n) is 5.35. The van der Waals surface area contributed by atoms with Gasteiger partial charge in [-0.15, -0.1) is 0 Å². The Labute approximate surface area is 98.3 Å². The van der Waals surface area contributed by atoms with Crippen molar-refractivity contribution < 1.29 is 0 Å². The van der Waals surface area contributed by atoms with Gasteiger partial charge in [0.2, 0.25) is 0 Å². The molecule has 1 aromatic heterocycles. The van der Waals surface area contributed by atoms with Crippen LogP contribution >= 0.6 is 0 Å². The lowest BCUT2D eigenvalue weighted by Crippen LogP contribution is -2.27. The minimum Gasteiger partial charge on any atom is -0.331 e. The van der Waals surface area contributed by atoms with E-state index >= 15 is 0 Å². The lowest BCUT2D eigenvalue weighted by atomic mass is 10.1. The van der Waals surface area contributed by atoms with Crippen LogP contribution in [0.3, 0.4) is 0 Å². The summed E-state index contributed by atoms with van der Waals surface area (Å²) in [4.78, 5) is 4.22. The second-order valence-corrected chi connectivity index (χ2v) is 5.35. The van der Waals surface area contributed by atoms with Gasteiger partial charge in [0, 0.05) is 24.8 Å². The van der Waals surface area contributed by atoms with Crippen LogP contribution < -0.4 is 5.32 Å². The first-order chi connectivity index (χ1) is 7.66. The van der Waals surface area contributed by atoms with Crippen LogP contribution in [0.25, 0.3) is 0 Å². The highest BCUT2D eigenvalue weighted by Gasteiger charge is 2.23. The largest absolute Gasteiger partial charge is 0.331 e. The maximum Gasteiger partial charge on any atom is 0.0951 e. The van der Waals surface area contributed by atoms with E-state index in [0.717, 1.165) is 12.5 Å². The Morgan fingerprint density at radius 1 is 1.44 bits per heavy atom. The van der Waals surface area contributed by atoms with E-state index in [-0.39, 0.29) is 0 Å². The van der Waals surface area contributed by atoms with Gasteiger partial charge in [-0.05, 0) is 33.1 Å². The third kappa shape index (κ3) is 3.08. The van der Waals surface area contributed by atoms with Gasteiger partial charge in [-0.25, -0.2) is 4.98 Å². The molecule has 0 aromatic carbocycles. The monoisotopic (exact) mass is 221 g/mol. The average Bonchev–Trinajstić information content (AvgIpc) is 2.91. The summed E-state index contributed by atoms with van der Waals surface area (Å²) >= 11 is 0. The number of aromatic nitrogens is 2. The molecule has 1 atom stereocenters. The van der Waals surface area contributed by atoms with E-state index in [2.05, 4.69) is 35.6 Å². The summed E-state index contributed by atoms with van der Waals surface area (Å²) in [6.45, 7) is 7.61. The summed E-state index contributed by atoms with van der Waals surface area (Å²) in [5.41, 5.74) is 1.29. The zero-order valence-electron chi connectivity index (χ0n) is 10.6. The van der Waals surface area contributed by atoms with Crippen molar-refractivity contribution in [1.82, 2.24) is 14.9 Å². The zero-order valence-corrected chi connectivity index (χ0v) is 10.6. The standard InChI is InChI=1S/C13H23N3/c1-10(2)16-9-14-7-13(16)8-15-11(3)6-12-4-5-12/h7,9-12,15H,4-6,8H2,1-3H3. The highest BCUT2D eigenvalue weighted by atomic mass is 15.1. The maximum absolute atomic E-state index is 4.22. The van der Waals surface area contributed by atoms with Crippen LogP contribution in [-0.4, -0.2) is 15.6 Å². The molecule has 16 heavy (non-hydrogen) atoms. The van der Waals surface area contributed by atoms with Crippen LogP contribution in [-0.2, 0) is 6.54 Å². The third-order valence-corrected chi connectivity index (χ3v) is 3.32. The van der Waals surface area contributed by atoms with Crippen molar-refractivity contribution in [1.29, 1.82) is 0 Å². The van der Waals surface area contributed by atoms with E-state index in [1.165, 1.54) is 25.0 Å². The fraction of sp³-hybridized carbons (Fsp3) is 0.769. The van der Waals surface area contributed by atoms with Gasteiger partial charge in [0.25, 0.3) is 0 Å². The minimum atomic E-state index is 0.498. The Bertz CT molecular complexity index is 326. The van der Waals surface area contributed by atoms with E-state index in [0.29, 0.717) is 12.1 Å². The third-order valence-electron chi connectivity index (χ3n) is 3.32. The van der Waals surface area contributed by atoms with Crippen molar-refractivity contribution in [3.63, 3.8) is 0 Å². The molecule has 2 rings (SSSR count). The lowest BCUT2D eigenvalue weighted by Gasteiger charge is -2.16. The number of hydrogen-bond acceptors (Lipinski definition) is 2. The Morgan fingerprint density at radius 3 is 2.81 bits per heavy atom. The molecule has 3 nitrogen and oxygen atoms in total. The Hall–Kier alpha value is -0.830. The SMILES string of the molecule is CC(CC1CC1)NCc1cncn1C(C)C. The molecule has 1 heterocycles. The molecule has 0 radical (unpaired) electrons. The first-order valence-corrected chi connectivity index (χ1v) is 6.41. The van der Waals surface area contributed by atoms with Gasteiger partial charge in [0.05, 0.1) is 12.0 Å². The van der Waals surface area contributed by atoms with Gasteiger partial charge in [-0.2, -0.15) is 0 Å². The first kappa shape index (κ1) is 11.6. The highest BCUT2D eigenvalue weighted by Crippen LogP contribution is 2.33. The number of hydrogen-bond donors (Lipinski definition) is 1. The average molecular weight is 221 g/mol. The minimum absolute atomic E-state index is 0.498. The normalized spacial score (nSPS) is 18.0. The molecule has 90 valence electrons. The van der Waals surface area contributed by atoms with Crippen molar-refractivity contribution in [2.75, 3.05) is 0 Å². The van der Waals surface area contributed by atoms with E-state index in [9.17, 15) is 0 Å². The van der Waals surface area contributed by atoms with E-state index < -0.39 is 0 Å². The summed E-state index contributed by atoms with van der Waals surface area (Å²) in [5, 5.41) is 3.59. The molecule has 0 bridgehead atoms. The summed E-state index contributed by atoms with van der Waals surface area (Å²) in [7, 11) is 0. The molecular formula is C13H23N3. The summed E-state index contributed by atoms with van der Waals surface area (Å²) in [6.07, 6.45) is 8.10. The van der Waals surface area contributed by atoms with Crippen LogP contribution in [0.15, 0.2) is 12.5 Å². The van der Waals surface area contributed by atoms with Crippen molar-refractivity contribution in [2.45, 2.75) is 58.7 Å². The predicted octanol–water partition coefficient (Wildman–Crippen LogP) is 2.74. The molecule has 1 saturated carbocycles. The van der Waals surface area contributed by atoms with Gasteiger partial charge in [-0.1, -0.05) is 12.8 Å². The van der Waals surface area contributed by atoms with E-state index in [1.807, 2.05) is 12.5 Å². The number of nitrogens with one attached hydrogen (secondary N) is 1. The van der Waals surface area contributed by atoms with Gasteiger partial charge < -0.3 is 9.88 Å². The molecule has 1 aromatic rings. The van der Waals surface area contributed by atoms with Gasteiger partial charge >= 0.3 is 0 Å². The van der Waals surface area contributed by atoms with Crippen LogP contribution in [0.5, 0.6) is 0 Å². The Balaban J connectivity index is 1.81. The van der Waals surface area contributed by atoms with E-state index in [4.69, 9.17) is 0 Å². The predicted molar refractivity (Wildman–Crippen MR) is 66.3 cm³/mol. The van der Waals surface area contributed by atoms with Crippen LogP contribution in [0.1, 0.15) is 51.8 Å². The summed E-state index contributed by atoms with van der Waals surface area (Å²) < 4.78 is 2.23. The van der Waals surface area contributed by atoms with Crippen molar-refractivity contribution in [3.05, 3.63) is 18.2 Å². The Kier molecular flexibility index (Phi) is 3.64. The zero-order chi connectivity index (χ0) is 11.5. The smallest absolute Gasteiger partial charge is 0.0951 e. The quantitative estimate of drug-likeness (QED) is 0.800. The molecule has 1 fully saturated rings. The first-order valence-electron chi connectivity index (χ1n) is 6.41. The molecular weight excluding hydrogens is 198 g/mol. The number of nitrogens with zero attached hydrogens (tertiary/aromatic N) is 2. The molecule has 0 amide bonds. The molecule has 1 aliphatic carbocycles. The lowest BCUT2D eigenvalue weighted by molar-refractivity contribution is 0.468. The van der Waals surface area contributed by atoms with Crippen molar-refractivity contribution in [2.24, 2.45) is 5.92 Å². The Morgan fingerprint density at radius 2 is 2.19 bits per heavy atom.